The molecular weight excluding hydrogens is 286 g/mol. The van der Waals surface area contributed by atoms with E-state index in [2.05, 4.69) is 4.98 Å². The smallest absolute Gasteiger partial charge is 0.165 e. The summed E-state index contributed by atoms with van der Waals surface area (Å²) in [6, 6.07) is 8.53. The predicted molar refractivity (Wildman–Crippen MR) is 82.6 cm³/mol. The van der Waals surface area contributed by atoms with Gasteiger partial charge in [0.05, 0.1) is 6.10 Å². The van der Waals surface area contributed by atoms with Crippen LogP contribution >= 0.6 is 0 Å². The summed E-state index contributed by atoms with van der Waals surface area (Å²) in [6.45, 7) is 4.78. The summed E-state index contributed by atoms with van der Waals surface area (Å²) in [7, 11) is 0. The number of halogens is 2. The van der Waals surface area contributed by atoms with Crippen molar-refractivity contribution in [2.24, 2.45) is 5.92 Å². The Bertz CT molecular complexity index is 602. The molecule has 1 unspecified atom stereocenters. The summed E-state index contributed by atoms with van der Waals surface area (Å²) in [6.07, 6.45) is 0.677. The number of anilines is 1. The molecule has 118 valence electrons. The van der Waals surface area contributed by atoms with E-state index in [9.17, 15) is 13.9 Å². The van der Waals surface area contributed by atoms with Gasteiger partial charge in [0.25, 0.3) is 0 Å². The zero-order valence-corrected chi connectivity index (χ0v) is 12.7. The van der Waals surface area contributed by atoms with Crippen molar-refractivity contribution in [3.05, 3.63) is 59.8 Å². The second-order valence-corrected chi connectivity index (χ2v) is 5.68. The van der Waals surface area contributed by atoms with E-state index in [1.165, 1.54) is 42.6 Å². The minimum Gasteiger partial charge on any atom is -0.387 e. The summed E-state index contributed by atoms with van der Waals surface area (Å²) in [5, 5.41) is 10.3. The van der Waals surface area contributed by atoms with Crippen molar-refractivity contribution < 1.29 is 13.9 Å². The molecule has 0 saturated heterocycles. The van der Waals surface area contributed by atoms with Crippen LogP contribution in [0, 0.1) is 17.6 Å². The molecule has 2 aromatic rings. The minimum absolute atomic E-state index is 0.192. The Kier molecular flexibility index (Phi) is 5.44. The summed E-state index contributed by atoms with van der Waals surface area (Å²) in [5.41, 5.74) is 0.589. The van der Waals surface area contributed by atoms with E-state index in [1.54, 1.807) is 4.90 Å². The summed E-state index contributed by atoms with van der Waals surface area (Å²) in [5.74, 6) is -0.278. The fourth-order valence-corrected chi connectivity index (χ4v) is 2.30. The van der Waals surface area contributed by atoms with Crippen LogP contribution in [0.15, 0.2) is 42.6 Å². The van der Waals surface area contributed by atoms with Crippen LogP contribution in [0.25, 0.3) is 0 Å². The number of benzene rings is 1. The summed E-state index contributed by atoms with van der Waals surface area (Å²) >= 11 is 0. The average molecular weight is 306 g/mol. The number of aliphatic hydroxyl groups excluding tert-OH is 1. The molecule has 0 spiro atoms. The van der Waals surface area contributed by atoms with Gasteiger partial charge in [0, 0.05) is 19.3 Å². The van der Waals surface area contributed by atoms with Gasteiger partial charge in [-0.3, -0.25) is 0 Å². The molecule has 0 aliphatic rings. The van der Waals surface area contributed by atoms with E-state index < -0.39 is 11.9 Å². The van der Waals surface area contributed by atoms with Crippen LogP contribution in [0.4, 0.5) is 14.6 Å². The van der Waals surface area contributed by atoms with Gasteiger partial charge in [0.1, 0.15) is 5.82 Å². The summed E-state index contributed by atoms with van der Waals surface area (Å²) in [4.78, 5) is 5.79. The lowest BCUT2D eigenvalue weighted by Gasteiger charge is -2.28. The zero-order valence-electron chi connectivity index (χ0n) is 12.7. The van der Waals surface area contributed by atoms with Gasteiger partial charge in [0.15, 0.2) is 11.6 Å². The summed E-state index contributed by atoms with van der Waals surface area (Å²) < 4.78 is 26.9. The van der Waals surface area contributed by atoms with Gasteiger partial charge >= 0.3 is 0 Å². The lowest BCUT2D eigenvalue weighted by atomic mass is 10.1. The number of nitrogens with zero attached hydrogens (tertiary/aromatic N) is 2. The molecule has 22 heavy (non-hydrogen) atoms. The van der Waals surface area contributed by atoms with E-state index in [4.69, 9.17) is 0 Å². The Hall–Kier alpha value is -2.01. The highest BCUT2D eigenvalue weighted by molar-refractivity contribution is 5.40. The lowest BCUT2D eigenvalue weighted by molar-refractivity contribution is 0.182. The van der Waals surface area contributed by atoms with E-state index in [1.807, 2.05) is 13.8 Å². The molecule has 3 nitrogen and oxygen atoms in total. The maximum Gasteiger partial charge on any atom is 0.165 e. The standard InChI is InChI=1S/C17H20F2N2O/c1-12(2)10-21(17-15(19)4-3-9-20-17)11-16(22)13-5-7-14(18)8-6-13/h3-9,12,16,22H,10-11H2,1-2H3. The molecule has 0 saturated carbocycles. The van der Waals surface area contributed by atoms with Crippen molar-refractivity contribution in [2.75, 3.05) is 18.0 Å². The van der Waals surface area contributed by atoms with Gasteiger partial charge in [-0.25, -0.2) is 13.8 Å². The molecule has 0 aliphatic carbocycles. The highest BCUT2D eigenvalue weighted by atomic mass is 19.1. The van der Waals surface area contributed by atoms with Gasteiger partial charge < -0.3 is 10.0 Å². The van der Waals surface area contributed by atoms with Crippen molar-refractivity contribution in [3.8, 4) is 0 Å². The number of aliphatic hydroxyl groups is 1. The van der Waals surface area contributed by atoms with E-state index in [0.717, 1.165) is 0 Å². The number of hydrogen-bond donors (Lipinski definition) is 1. The zero-order chi connectivity index (χ0) is 16.1. The first kappa shape index (κ1) is 16.4. The fourth-order valence-electron chi connectivity index (χ4n) is 2.30. The van der Waals surface area contributed by atoms with Gasteiger partial charge in [0.2, 0.25) is 0 Å². The molecule has 1 aromatic heterocycles. The minimum atomic E-state index is -0.847. The van der Waals surface area contributed by atoms with E-state index in [-0.39, 0.29) is 24.1 Å². The molecule has 0 amide bonds. The third-order valence-corrected chi connectivity index (χ3v) is 3.27. The molecule has 0 fully saturated rings. The van der Waals surface area contributed by atoms with Crippen LogP contribution in [0.5, 0.6) is 0 Å². The molecule has 0 radical (unpaired) electrons. The molecule has 5 heteroatoms. The molecule has 1 aromatic carbocycles. The highest BCUT2D eigenvalue weighted by Gasteiger charge is 2.19. The highest BCUT2D eigenvalue weighted by Crippen LogP contribution is 2.21. The van der Waals surface area contributed by atoms with Crippen molar-refractivity contribution in [1.29, 1.82) is 0 Å². The normalized spacial score (nSPS) is 12.5. The van der Waals surface area contributed by atoms with Crippen molar-refractivity contribution in [1.82, 2.24) is 4.98 Å². The number of hydrogen-bond acceptors (Lipinski definition) is 3. The van der Waals surface area contributed by atoms with Crippen LogP contribution in [-0.2, 0) is 0 Å². The van der Waals surface area contributed by atoms with E-state index in [0.29, 0.717) is 12.1 Å². The fraction of sp³-hybridized carbons (Fsp3) is 0.353. The van der Waals surface area contributed by atoms with Gasteiger partial charge in [-0.2, -0.15) is 0 Å². The Morgan fingerprint density at radius 2 is 1.77 bits per heavy atom. The first-order valence-electron chi connectivity index (χ1n) is 7.26. The Morgan fingerprint density at radius 3 is 2.36 bits per heavy atom. The number of rotatable bonds is 6. The second-order valence-electron chi connectivity index (χ2n) is 5.68. The average Bonchev–Trinajstić information content (AvgIpc) is 2.47. The van der Waals surface area contributed by atoms with Crippen LogP contribution in [-0.4, -0.2) is 23.2 Å². The Balaban J connectivity index is 2.19. The first-order valence-corrected chi connectivity index (χ1v) is 7.26. The maximum absolute atomic E-state index is 14.0. The molecule has 0 bridgehead atoms. The van der Waals surface area contributed by atoms with Crippen LogP contribution < -0.4 is 4.90 Å². The molecule has 1 heterocycles. The van der Waals surface area contributed by atoms with Crippen LogP contribution in [0.3, 0.4) is 0 Å². The number of pyridine rings is 1. The molecule has 0 aliphatic heterocycles. The Morgan fingerprint density at radius 1 is 1.09 bits per heavy atom. The maximum atomic E-state index is 14.0. The quantitative estimate of drug-likeness (QED) is 0.886. The topological polar surface area (TPSA) is 36.4 Å². The SMILES string of the molecule is CC(C)CN(CC(O)c1ccc(F)cc1)c1ncccc1F. The van der Waals surface area contributed by atoms with Gasteiger partial charge in [-0.15, -0.1) is 0 Å². The third-order valence-electron chi connectivity index (χ3n) is 3.27. The molecular formula is C17H20F2N2O. The third kappa shape index (κ3) is 4.24. The van der Waals surface area contributed by atoms with Crippen molar-refractivity contribution in [3.63, 3.8) is 0 Å². The molecule has 2 rings (SSSR count). The number of aromatic nitrogens is 1. The monoisotopic (exact) mass is 306 g/mol. The van der Waals surface area contributed by atoms with Gasteiger partial charge in [-0.05, 0) is 35.7 Å². The van der Waals surface area contributed by atoms with Crippen molar-refractivity contribution in [2.45, 2.75) is 20.0 Å². The van der Waals surface area contributed by atoms with Crippen molar-refractivity contribution >= 4 is 5.82 Å². The van der Waals surface area contributed by atoms with Crippen LogP contribution in [0.2, 0.25) is 0 Å². The predicted octanol–water partition coefficient (Wildman–Crippen LogP) is 3.56. The van der Waals surface area contributed by atoms with E-state index >= 15 is 0 Å². The van der Waals surface area contributed by atoms with Crippen LogP contribution in [0.1, 0.15) is 25.5 Å². The molecule has 1 N–H and O–H groups in total. The lowest BCUT2D eigenvalue weighted by Crippen LogP contribution is -2.33. The molecule has 1 atom stereocenters. The second kappa shape index (κ2) is 7.31. The Labute approximate surface area is 129 Å². The largest absolute Gasteiger partial charge is 0.387 e. The van der Waals surface area contributed by atoms with Gasteiger partial charge in [-0.1, -0.05) is 26.0 Å². The first-order chi connectivity index (χ1) is 10.5.